The van der Waals surface area contributed by atoms with Gasteiger partial charge in [-0.15, -0.1) is 11.6 Å². The van der Waals surface area contributed by atoms with Gasteiger partial charge in [0.1, 0.15) is 5.82 Å². The lowest BCUT2D eigenvalue weighted by atomic mass is 9.98. The van der Waals surface area contributed by atoms with Crippen molar-refractivity contribution in [2.24, 2.45) is 0 Å². The Morgan fingerprint density at radius 1 is 0.895 bits per heavy atom. The number of rotatable bonds is 2. The van der Waals surface area contributed by atoms with Crippen molar-refractivity contribution in [1.29, 1.82) is 0 Å². The molecule has 1 atom stereocenters. The zero-order valence-electron chi connectivity index (χ0n) is 10.5. The molecule has 0 radical (unpaired) electrons. The zero-order chi connectivity index (χ0) is 14.2. The number of alkyl halides is 1. The molecule has 0 aliphatic rings. The van der Waals surface area contributed by atoms with Gasteiger partial charge in [0.2, 0.25) is 0 Å². The highest BCUT2D eigenvalue weighted by Gasteiger charge is 2.17. The molecule has 2 aromatic carbocycles. The highest BCUT2D eigenvalue weighted by atomic mass is 35.5. The third-order valence-electron chi connectivity index (χ3n) is 3.06. The van der Waals surface area contributed by atoms with Gasteiger partial charge in [-0.3, -0.25) is 0 Å². The Labute approximate surface area is 127 Å². The average Bonchev–Trinajstić information content (AvgIpc) is 2.33. The summed E-state index contributed by atoms with van der Waals surface area (Å²) in [6, 6.07) is 8.05. The molecular formula is C15H12Cl3F. The maximum absolute atomic E-state index is 13.1. The molecule has 0 amide bonds. The molecule has 4 heteroatoms. The maximum atomic E-state index is 13.1. The zero-order valence-corrected chi connectivity index (χ0v) is 12.7. The smallest absolute Gasteiger partial charge is 0.124 e. The normalized spacial score (nSPS) is 12.5. The van der Waals surface area contributed by atoms with Gasteiger partial charge in [0, 0.05) is 10.0 Å². The summed E-state index contributed by atoms with van der Waals surface area (Å²) in [5, 5.41) is 0.603. The molecule has 0 aliphatic carbocycles. The van der Waals surface area contributed by atoms with Gasteiger partial charge in [0.25, 0.3) is 0 Å². The molecule has 0 saturated carbocycles. The molecule has 0 heterocycles. The molecule has 0 aliphatic heterocycles. The van der Waals surface area contributed by atoms with Crippen LogP contribution in [-0.4, -0.2) is 0 Å². The van der Waals surface area contributed by atoms with Gasteiger partial charge in [0.15, 0.2) is 0 Å². The van der Waals surface area contributed by atoms with Gasteiger partial charge in [-0.1, -0.05) is 35.3 Å². The summed E-state index contributed by atoms with van der Waals surface area (Å²) in [6.45, 7) is 3.86. The molecule has 1 unspecified atom stereocenters. The van der Waals surface area contributed by atoms with E-state index < -0.39 is 5.38 Å². The fourth-order valence-electron chi connectivity index (χ4n) is 1.95. The monoisotopic (exact) mass is 316 g/mol. The summed E-state index contributed by atoms with van der Waals surface area (Å²) in [4.78, 5) is 0. The van der Waals surface area contributed by atoms with E-state index >= 15 is 0 Å². The first-order valence-electron chi connectivity index (χ1n) is 5.76. The summed E-state index contributed by atoms with van der Waals surface area (Å²) >= 11 is 18.6. The Morgan fingerprint density at radius 2 is 1.58 bits per heavy atom. The van der Waals surface area contributed by atoms with Crippen LogP contribution in [0.1, 0.15) is 27.6 Å². The highest BCUT2D eigenvalue weighted by Crippen LogP contribution is 2.37. The number of aryl methyl sites for hydroxylation is 2. The van der Waals surface area contributed by atoms with E-state index in [-0.39, 0.29) is 5.82 Å². The average molecular weight is 318 g/mol. The molecular weight excluding hydrogens is 306 g/mol. The van der Waals surface area contributed by atoms with Crippen molar-refractivity contribution in [3.8, 4) is 0 Å². The van der Waals surface area contributed by atoms with E-state index in [9.17, 15) is 4.39 Å². The van der Waals surface area contributed by atoms with Crippen LogP contribution in [0.5, 0.6) is 0 Å². The van der Waals surface area contributed by atoms with E-state index in [0.717, 1.165) is 16.7 Å². The van der Waals surface area contributed by atoms with Crippen molar-refractivity contribution < 1.29 is 4.39 Å². The molecule has 2 aromatic rings. The SMILES string of the molecule is Cc1cc(C(Cl)c2ccc(F)cc2Cl)c(C)cc1Cl. The lowest BCUT2D eigenvalue weighted by molar-refractivity contribution is 0.627. The van der Waals surface area contributed by atoms with Crippen LogP contribution in [0, 0.1) is 19.7 Å². The third kappa shape index (κ3) is 3.05. The van der Waals surface area contributed by atoms with Crippen molar-refractivity contribution in [1.82, 2.24) is 0 Å². The number of halogens is 4. The number of hydrogen-bond acceptors (Lipinski definition) is 0. The molecule has 0 aromatic heterocycles. The minimum absolute atomic E-state index is 0.326. The number of hydrogen-bond donors (Lipinski definition) is 0. The van der Waals surface area contributed by atoms with Crippen molar-refractivity contribution in [3.05, 3.63) is 68.4 Å². The first kappa shape index (κ1) is 14.6. The van der Waals surface area contributed by atoms with E-state index in [1.165, 1.54) is 12.1 Å². The Morgan fingerprint density at radius 3 is 2.21 bits per heavy atom. The summed E-state index contributed by atoms with van der Waals surface area (Å²) in [5.41, 5.74) is 3.55. The van der Waals surface area contributed by atoms with Gasteiger partial charge in [-0.05, 0) is 54.3 Å². The topological polar surface area (TPSA) is 0 Å². The number of benzene rings is 2. The Bertz CT molecular complexity index is 623. The van der Waals surface area contributed by atoms with Crippen LogP contribution in [0.2, 0.25) is 10.0 Å². The van der Waals surface area contributed by atoms with Crippen molar-refractivity contribution >= 4 is 34.8 Å². The lowest BCUT2D eigenvalue weighted by Crippen LogP contribution is -1.99. The fourth-order valence-corrected chi connectivity index (χ4v) is 2.93. The molecule has 2 rings (SSSR count). The first-order chi connectivity index (χ1) is 8.90. The van der Waals surface area contributed by atoms with Crippen molar-refractivity contribution in [3.63, 3.8) is 0 Å². The van der Waals surface area contributed by atoms with Crippen LogP contribution in [0.3, 0.4) is 0 Å². The molecule has 0 nitrogen and oxygen atoms in total. The standard InChI is InChI=1S/C15H12Cl3F/c1-8-6-13(16)9(2)5-12(8)15(18)11-4-3-10(19)7-14(11)17/h3-7,15H,1-2H3. The second-order valence-electron chi connectivity index (χ2n) is 4.49. The third-order valence-corrected chi connectivity index (χ3v) is 4.26. The van der Waals surface area contributed by atoms with Crippen LogP contribution in [-0.2, 0) is 0 Å². The van der Waals surface area contributed by atoms with Crippen LogP contribution < -0.4 is 0 Å². The maximum Gasteiger partial charge on any atom is 0.124 e. The predicted octanol–water partition coefficient (Wildman–Crippen LogP) is 6.08. The van der Waals surface area contributed by atoms with E-state index in [1.54, 1.807) is 6.07 Å². The predicted molar refractivity (Wildman–Crippen MR) is 80.0 cm³/mol. The van der Waals surface area contributed by atoms with Gasteiger partial charge < -0.3 is 0 Å². The van der Waals surface area contributed by atoms with E-state index in [1.807, 2.05) is 26.0 Å². The molecule has 0 spiro atoms. The molecule has 0 saturated heterocycles. The minimum atomic E-state index is -0.427. The van der Waals surface area contributed by atoms with E-state index in [4.69, 9.17) is 34.8 Å². The molecule has 0 bridgehead atoms. The van der Waals surface area contributed by atoms with Crippen LogP contribution >= 0.6 is 34.8 Å². The molecule has 19 heavy (non-hydrogen) atoms. The van der Waals surface area contributed by atoms with Crippen LogP contribution in [0.25, 0.3) is 0 Å². The minimum Gasteiger partial charge on any atom is -0.207 e. The Kier molecular flexibility index (Phi) is 4.39. The highest BCUT2D eigenvalue weighted by molar-refractivity contribution is 6.33. The van der Waals surface area contributed by atoms with Gasteiger partial charge in [-0.2, -0.15) is 0 Å². The molecule has 0 N–H and O–H groups in total. The second kappa shape index (κ2) is 5.70. The van der Waals surface area contributed by atoms with E-state index in [0.29, 0.717) is 15.6 Å². The second-order valence-corrected chi connectivity index (χ2v) is 5.74. The largest absolute Gasteiger partial charge is 0.207 e. The Hall–Kier alpha value is -0.760. The van der Waals surface area contributed by atoms with Crippen molar-refractivity contribution in [2.75, 3.05) is 0 Å². The van der Waals surface area contributed by atoms with Gasteiger partial charge in [-0.25, -0.2) is 4.39 Å². The van der Waals surface area contributed by atoms with Crippen LogP contribution in [0.4, 0.5) is 4.39 Å². The van der Waals surface area contributed by atoms with E-state index in [2.05, 4.69) is 0 Å². The summed E-state index contributed by atoms with van der Waals surface area (Å²) in [7, 11) is 0. The summed E-state index contributed by atoms with van der Waals surface area (Å²) in [6.07, 6.45) is 0. The Balaban J connectivity index is 2.49. The quantitative estimate of drug-likeness (QED) is 0.589. The van der Waals surface area contributed by atoms with Crippen LogP contribution in [0.15, 0.2) is 30.3 Å². The van der Waals surface area contributed by atoms with Gasteiger partial charge in [0.05, 0.1) is 5.38 Å². The molecule has 0 fully saturated rings. The fraction of sp³-hybridized carbons (Fsp3) is 0.200. The first-order valence-corrected chi connectivity index (χ1v) is 6.95. The summed E-state index contributed by atoms with van der Waals surface area (Å²) < 4.78 is 13.1. The summed E-state index contributed by atoms with van der Waals surface area (Å²) in [5.74, 6) is -0.373. The van der Waals surface area contributed by atoms with Crippen molar-refractivity contribution in [2.45, 2.75) is 19.2 Å². The lowest BCUT2D eigenvalue weighted by Gasteiger charge is -2.16. The molecule has 100 valence electrons. The van der Waals surface area contributed by atoms with Gasteiger partial charge >= 0.3 is 0 Å².